The summed E-state index contributed by atoms with van der Waals surface area (Å²) in [7, 11) is 0. The number of rotatable bonds is 3. The topological polar surface area (TPSA) is 38.4 Å². The minimum atomic E-state index is 0.424. The van der Waals surface area contributed by atoms with Crippen LogP contribution in [-0.4, -0.2) is 5.71 Å². The molecule has 0 bridgehead atoms. The highest BCUT2D eigenvalue weighted by Gasteiger charge is 1.97. The van der Waals surface area contributed by atoms with Crippen molar-refractivity contribution in [2.45, 2.75) is 41.0 Å². The molecule has 0 amide bonds. The minimum Gasteiger partial charge on any atom is -0.323 e. The Bertz CT molecular complexity index is 135. The highest BCUT2D eigenvalue weighted by molar-refractivity contribution is 5.96. The van der Waals surface area contributed by atoms with Gasteiger partial charge in [-0.15, -0.1) is 0 Å². The third-order valence-corrected chi connectivity index (χ3v) is 1.26. The van der Waals surface area contributed by atoms with Gasteiger partial charge in [0.1, 0.15) is 0 Å². The molecule has 2 N–H and O–H groups in total. The van der Waals surface area contributed by atoms with Gasteiger partial charge in [-0.3, -0.25) is 0 Å². The number of nitrogens with two attached hydrogens (primary N) is 1. The van der Waals surface area contributed by atoms with Crippen molar-refractivity contribution in [3.63, 3.8) is 0 Å². The van der Waals surface area contributed by atoms with Gasteiger partial charge in [0.05, 0.1) is 5.71 Å². The first-order valence-corrected chi connectivity index (χ1v) is 4.66. The van der Waals surface area contributed by atoms with Crippen LogP contribution >= 0.6 is 0 Å². The molecule has 0 aromatic heterocycles. The van der Waals surface area contributed by atoms with Crippen molar-refractivity contribution in [2.75, 3.05) is 0 Å². The molecule has 0 heterocycles. The second-order valence-electron chi connectivity index (χ2n) is 2.52. The van der Waals surface area contributed by atoms with E-state index in [0.29, 0.717) is 5.92 Å². The molecule has 0 aromatic rings. The number of hydrogen-bond acceptors (Lipinski definition) is 2. The molecule has 0 aliphatic heterocycles. The fraction of sp³-hybridized carbons (Fsp3) is 0.700. The average Bonchev–Trinajstić information content (AvgIpc) is 2.09. The predicted molar refractivity (Wildman–Crippen MR) is 57.2 cm³/mol. The summed E-state index contributed by atoms with van der Waals surface area (Å²) in [6, 6.07) is 0. The molecule has 0 aliphatic carbocycles. The van der Waals surface area contributed by atoms with Gasteiger partial charge in [0, 0.05) is 0 Å². The van der Waals surface area contributed by atoms with Crippen LogP contribution in [0.5, 0.6) is 0 Å². The maximum Gasteiger partial charge on any atom is 0.0622 e. The van der Waals surface area contributed by atoms with E-state index in [1.807, 2.05) is 19.9 Å². The fourth-order valence-corrected chi connectivity index (χ4v) is 0.623. The lowest BCUT2D eigenvalue weighted by molar-refractivity contribution is 0.879. The maximum atomic E-state index is 5.15. The largest absolute Gasteiger partial charge is 0.323 e. The Morgan fingerprint density at radius 1 is 1.42 bits per heavy atom. The van der Waals surface area contributed by atoms with Crippen molar-refractivity contribution >= 4 is 5.71 Å². The van der Waals surface area contributed by atoms with Crippen LogP contribution in [0.1, 0.15) is 41.0 Å². The van der Waals surface area contributed by atoms with Gasteiger partial charge in [0.2, 0.25) is 0 Å². The highest BCUT2D eigenvalue weighted by Crippen LogP contribution is 1.97. The minimum absolute atomic E-state index is 0.424. The summed E-state index contributed by atoms with van der Waals surface area (Å²) in [6.45, 7) is 10.2. The first-order chi connectivity index (χ1) is 5.72. The first-order valence-electron chi connectivity index (χ1n) is 4.66. The molecule has 0 aromatic carbocycles. The molecule has 2 heteroatoms. The zero-order chi connectivity index (χ0) is 9.98. The Morgan fingerprint density at radius 2 is 1.92 bits per heavy atom. The smallest absolute Gasteiger partial charge is 0.0622 e. The van der Waals surface area contributed by atoms with E-state index >= 15 is 0 Å². The summed E-state index contributed by atoms with van der Waals surface area (Å²) in [6.07, 6.45) is 5.07. The van der Waals surface area contributed by atoms with Crippen LogP contribution in [0.2, 0.25) is 0 Å². The van der Waals surface area contributed by atoms with E-state index in [9.17, 15) is 0 Å². The average molecular weight is 170 g/mol. The van der Waals surface area contributed by atoms with Gasteiger partial charge in [0.15, 0.2) is 0 Å². The third-order valence-electron chi connectivity index (χ3n) is 1.26. The summed E-state index contributed by atoms with van der Waals surface area (Å²) < 4.78 is 0. The fourth-order valence-electron chi connectivity index (χ4n) is 0.623. The predicted octanol–water partition coefficient (Wildman–Crippen LogP) is 2.95. The summed E-state index contributed by atoms with van der Waals surface area (Å²) in [5, 5.41) is 3.65. The zero-order valence-electron chi connectivity index (χ0n) is 8.96. The molecule has 12 heavy (non-hydrogen) atoms. The molecule has 0 atom stereocenters. The van der Waals surface area contributed by atoms with Crippen LogP contribution in [0, 0.1) is 5.92 Å². The summed E-state index contributed by atoms with van der Waals surface area (Å²) in [5.41, 5.74) is 0.960. The molecule has 0 saturated heterocycles. The van der Waals surface area contributed by atoms with E-state index in [1.54, 1.807) is 0 Å². The maximum absolute atomic E-state index is 5.15. The molecule has 0 unspecified atom stereocenters. The van der Waals surface area contributed by atoms with Crippen molar-refractivity contribution in [3.05, 3.63) is 12.2 Å². The molecule has 0 rings (SSSR count). The lowest BCUT2D eigenvalue weighted by Gasteiger charge is -2.01. The quantitative estimate of drug-likeness (QED) is 0.395. The van der Waals surface area contributed by atoms with Gasteiger partial charge in [-0.25, -0.2) is 0 Å². The van der Waals surface area contributed by atoms with Crippen molar-refractivity contribution in [3.8, 4) is 0 Å². The summed E-state index contributed by atoms with van der Waals surface area (Å²) in [5.74, 6) is 5.58. The van der Waals surface area contributed by atoms with Crippen molar-refractivity contribution in [2.24, 2.45) is 16.9 Å². The van der Waals surface area contributed by atoms with E-state index in [2.05, 4.69) is 31.9 Å². The number of hydrogen-bond donors (Lipinski definition) is 1. The van der Waals surface area contributed by atoms with Gasteiger partial charge >= 0.3 is 0 Å². The third kappa shape index (κ3) is 7.32. The van der Waals surface area contributed by atoms with Gasteiger partial charge < -0.3 is 5.84 Å². The molecule has 0 fully saturated rings. The SMILES string of the molecule is CC.CC/C=C\C(=N/N)C(C)C. The van der Waals surface area contributed by atoms with Crippen molar-refractivity contribution < 1.29 is 0 Å². The zero-order valence-corrected chi connectivity index (χ0v) is 8.96. The van der Waals surface area contributed by atoms with Crippen LogP contribution < -0.4 is 5.84 Å². The van der Waals surface area contributed by atoms with Gasteiger partial charge in [-0.05, 0) is 18.4 Å². The second-order valence-corrected chi connectivity index (χ2v) is 2.52. The first kappa shape index (κ1) is 13.8. The standard InChI is InChI=1S/C8H16N2.C2H6/c1-4-5-6-8(10-9)7(2)3;1-2/h5-7H,4,9H2,1-3H3;1-2H3/b6-5-,10-8+;. The highest BCUT2D eigenvalue weighted by atomic mass is 15.1. The van der Waals surface area contributed by atoms with Crippen LogP contribution in [0.15, 0.2) is 17.3 Å². The molecular formula is C10H22N2. The van der Waals surface area contributed by atoms with Gasteiger partial charge in [-0.1, -0.05) is 40.7 Å². The molecule has 0 spiro atoms. The normalized spacial score (nSPS) is 11.7. The summed E-state index contributed by atoms with van der Waals surface area (Å²) >= 11 is 0. The monoisotopic (exact) mass is 170 g/mol. The van der Waals surface area contributed by atoms with Crippen molar-refractivity contribution in [1.29, 1.82) is 0 Å². The molecule has 0 aliphatic rings. The molecular weight excluding hydrogens is 148 g/mol. The van der Waals surface area contributed by atoms with Crippen LogP contribution in [0.3, 0.4) is 0 Å². The lowest BCUT2D eigenvalue weighted by Crippen LogP contribution is -2.06. The number of nitrogens with zero attached hydrogens (tertiary/aromatic N) is 1. The Hall–Kier alpha value is -0.790. The lowest BCUT2D eigenvalue weighted by atomic mass is 10.1. The molecule has 0 radical (unpaired) electrons. The Morgan fingerprint density at radius 3 is 2.17 bits per heavy atom. The van der Waals surface area contributed by atoms with E-state index in [-0.39, 0.29) is 0 Å². The van der Waals surface area contributed by atoms with Crippen LogP contribution in [0.25, 0.3) is 0 Å². The Labute approximate surface area is 76.5 Å². The van der Waals surface area contributed by atoms with Crippen molar-refractivity contribution in [1.82, 2.24) is 0 Å². The van der Waals surface area contributed by atoms with E-state index < -0.39 is 0 Å². The van der Waals surface area contributed by atoms with E-state index in [0.717, 1.165) is 12.1 Å². The van der Waals surface area contributed by atoms with E-state index in [1.165, 1.54) is 0 Å². The Balaban J connectivity index is 0. The Kier molecular flexibility index (Phi) is 11.7. The molecule has 2 nitrogen and oxygen atoms in total. The van der Waals surface area contributed by atoms with E-state index in [4.69, 9.17) is 5.84 Å². The van der Waals surface area contributed by atoms with Crippen LogP contribution in [-0.2, 0) is 0 Å². The molecule has 72 valence electrons. The second kappa shape index (κ2) is 10.2. The van der Waals surface area contributed by atoms with Gasteiger partial charge in [-0.2, -0.15) is 5.10 Å². The summed E-state index contributed by atoms with van der Waals surface area (Å²) in [4.78, 5) is 0. The van der Waals surface area contributed by atoms with Gasteiger partial charge in [0.25, 0.3) is 0 Å². The number of allylic oxidation sites excluding steroid dienone is 2. The van der Waals surface area contributed by atoms with Crippen LogP contribution in [0.4, 0.5) is 0 Å². The molecule has 0 saturated carbocycles. The number of hydrazone groups is 1.